The Kier molecular flexibility index (Phi) is 4.09. The van der Waals surface area contributed by atoms with E-state index in [1.807, 2.05) is 13.0 Å². The number of Topliss-reactive ketones (excluding diaryl/α,β-unsaturated/α-hetero) is 1. The molecule has 2 rings (SSSR count). The second-order valence-corrected chi connectivity index (χ2v) is 5.27. The van der Waals surface area contributed by atoms with E-state index in [1.165, 1.54) is 0 Å². The lowest BCUT2D eigenvalue weighted by Crippen LogP contribution is -2.50. The molecule has 0 radical (unpaired) electrons. The van der Waals surface area contributed by atoms with Gasteiger partial charge in [-0.15, -0.1) is 0 Å². The maximum absolute atomic E-state index is 12.2. The molecular formula is C14H21N3O. The molecule has 98 valence electrons. The summed E-state index contributed by atoms with van der Waals surface area (Å²) in [4.78, 5) is 20.9. The van der Waals surface area contributed by atoms with Crippen LogP contribution >= 0.6 is 0 Å². The first-order valence-electron chi connectivity index (χ1n) is 6.40. The molecule has 18 heavy (non-hydrogen) atoms. The Balaban J connectivity index is 2.02. The number of carbonyl (C=O) groups is 1. The summed E-state index contributed by atoms with van der Waals surface area (Å²) in [7, 11) is 4.21. The molecule has 1 aliphatic rings. The largest absolute Gasteiger partial charge is 0.304 e. The van der Waals surface area contributed by atoms with E-state index < -0.39 is 0 Å². The SMILES string of the molecule is Cc1cncc(C(=O)CC2CN(C)CCN2C)c1. The highest BCUT2D eigenvalue weighted by Crippen LogP contribution is 2.13. The van der Waals surface area contributed by atoms with Crippen molar-refractivity contribution in [3.05, 3.63) is 29.6 Å². The highest BCUT2D eigenvalue weighted by Gasteiger charge is 2.24. The molecule has 1 aromatic rings. The van der Waals surface area contributed by atoms with E-state index in [4.69, 9.17) is 0 Å². The van der Waals surface area contributed by atoms with Crippen LogP contribution in [0.4, 0.5) is 0 Å². The second-order valence-electron chi connectivity index (χ2n) is 5.27. The summed E-state index contributed by atoms with van der Waals surface area (Å²) in [5, 5.41) is 0. The second kappa shape index (κ2) is 5.59. The van der Waals surface area contributed by atoms with Crippen LogP contribution < -0.4 is 0 Å². The Labute approximate surface area is 109 Å². The zero-order chi connectivity index (χ0) is 13.1. The van der Waals surface area contributed by atoms with E-state index in [1.54, 1.807) is 12.4 Å². The number of aromatic nitrogens is 1. The highest BCUT2D eigenvalue weighted by atomic mass is 16.1. The van der Waals surface area contributed by atoms with Crippen molar-refractivity contribution in [3.63, 3.8) is 0 Å². The molecular weight excluding hydrogens is 226 g/mol. The number of nitrogens with zero attached hydrogens (tertiary/aromatic N) is 3. The number of likely N-dealkylation sites (N-methyl/N-ethyl adjacent to an activating group) is 2. The smallest absolute Gasteiger partial charge is 0.166 e. The van der Waals surface area contributed by atoms with Gasteiger partial charge in [-0.25, -0.2) is 0 Å². The Hall–Kier alpha value is -1.26. The van der Waals surface area contributed by atoms with Gasteiger partial charge in [-0.05, 0) is 32.6 Å². The standard InChI is InChI=1S/C14H21N3O/c1-11-6-12(9-15-8-11)14(18)7-13-10-16(2)4-5-17(13)3/h6,8-9,13H,4-5,7,10H2,1-3H3. The third-order valence-electron chi connectivity index (χ3n) is 3.60. The van der Waals surface area contributed by atoms with Crippen molar-refractivity contribution in [2.24, 2.45) is 0 Å². The van der Waals surface area contributed by atoms with Crippen LogP contribution in [0.2, 0.25) is 0 Å². The molecule has 1 saturated heterocycles. The van der Waals surface area contributed by atoms with Crippen LogP contribution in [0.3, 0.4) is 0 Å². The molecule has 2 heterocycles. The van der Waals surface area contributed by atoms with Crippen LogP contribution in [0.5, 0.6) is 0 Å². The van der Waals surface area contributed by atoms with Gasteiger partial charge in [0, 0.05) is 50.1 Å². The molecule has 0 spiro atoms. The van der Waals surface area contributed by atoms with Crippen LogP contribution in [0, 0.1) is 6.92 Å². The molecule has 0 N–H and O–H groups in total. The number of hydrogen-bond donors (Lipinski definition) is 0. The molecule has 0 saturated carbocycles. The Morgan fingerprint density at radius 2 is 2.17 bits per heavy atom. The van der Waals surface area contributed by atoms with Gasteiger partial charge in [-0.2, -0.15) is 0 Å². The molecule has 0 aliphatic carbocycles. The predicted octanol–water partition coefficient (Wildman–Crippen LogP) is 1.21. The number of piperazine rings is 1. The van der Waals surface area contributed by atoms with E-state index in [2.05, 4.69) is 28.9 Å². The van der Waals surface area contributed by atoms with Crippen molar-refractivity contribution < 1.29 is 4.79 Å². The van der Waals surface area contributed by atoms with Gasteiger partial charge in [0.15, 0.2) is 5.78 Å². The summed E-state index contributed by atoms with van der Waals surface area (Å²) in [6, 6.07) is 2.23. The summed E-state index contributed by atoms with van der Waals surface area (Å²) >= 11 is 0. The molecule has 1 aromatic heterocycles. The van der Waals surface area contributed by atoms with Gasteiger partial charge in [0.1, 0.15) is 0 Å². The van der Waals surface area contributed by atoms with Crippen molar-refractivity contribution in [2.45, 2.75) is 19.4 Å². The molecule has 4 heteroatoms. The summed E-state index contributed by atoms with van der Waals surface area (Å²) < 4.78 is 0. The first-order valence-corrected chi connectivity index (χ1v) is 6.40. The van der Waals surface area contributed by atoms with E-state index >= 15 is 0 Å². The summed E-state index contributed by atoms with van der Waals surface area (Å²) in [6.07, 6.45) is 4.02. The fourth-order valence-corrected chi connectivity index (χ4v) is 2.36. The Morgan fingerprint density at radius 1 is 1.39 bits per heavy atom. The lowest BCUT2D eigenvalue weighted by Gasteiger charge is -2.37. The Bertz CT molecular complexity index is 433. The average Bonchev–Trinajstić information content (AvgIpc) is 2.34. The third-order valence-corrected chi connectivity index (χ3v) is 3.60. The van der Waals surface area contributed by atoms with Gasteiger partial charge in [0.2, 0.25) is 0 Å². The van der Waals surface area contributed by atoms with Crippen molar-refractivity contribution in [1.29, 1.82) is 0 Å². The van der Waals surface area contributed by atoms with Crippen molar-refractivity contribution in [1.82, 2.24) is 14.8 Å². The minimum Gasteiger partial charge on any atom is -0.304 e. The monoisotopic (exact) mass is 247 g/mol. The molecule has 0 bridgehead atoms. The normalized spacial score (nSPS) is 22.1. The van der Waals surface area contributed by atoms with Crippen molar-refractivity contribution in [3.8, 4) is 0 Å². The van der Waals surface area contributed by atoms with Crippen LogP contribution in [0.15, 0.2) is 18.5 Å². The third kappa shape index (κ3) is 3.15. The number of pyridine rings is 1. The van der Waals surface area contributed by atoms with Gasteiger partial charge >= 0.3 is 0 Å². The first-order chi connectivity index (χ1) is 8.56. The van der Waals surface area contributed by atoms with E-state index in [0.717, 1.165) is 30.8 Å². The molecule has 4 nitrogen and oxygen atoms in total. The summed E-state index contributed by atoms with van der Waals surface area (Å²) in [5.41, 5.74) is 1.77. The minimum atomic E-state index is 0.193. The van der Waals surface area contributed by atoms with Crippen molar-refractivity contribution in [2.75, 3.05) is 33.7 Å². The van der Waals surface area contributed by atoms with Gasteiger partial charge in [0.25, 0.3) is 0 Å². The fourth-order valence-electron chi connectivity index (χ4n) is 2.36. The molecule has 1 atom stereocenters. The zero-order valence-corrected chi connectivity index (χ0v) is 11.4. The number of ketones is 1. The molecule has 0 amide bonds. The zero-order valence-electron chi connectivity index (χ0n) is 11.4. The Morgan fingerprint density at radius 3 is 2.89 bits per heavy atom. The van der Waals surface area contributed by atoms with Gasteiger partial charge in [-0.1, -0.05) is 0 Å². The summed E-state index contributed by atoms with van der Waals surface area (Å²) in [5.74, 6) is 0.193. The van der Waals surface area contributed by atoms with Gasteiger partial charge in [0.05, 0.1) is 0 Å². The maximum atomic E-state index is 12.2. The predicted molar refractivity (Wildman–Crippen MR) is 71.8 cm³/mol. The molecule has 1 unspecified atom stereocenters. The lowest BCUT2D eigenvalue weighted by atomic mass is 10.0. The first kappa shape index (κ1) is 13.2. The van der Waals surface area contributed by atoms with Crippen LogP contribution in [-0.2, 0) is 0 Å². The fraction of sp³-hybridized carbons (Fsp3) is 0.571. The number of aryl methyl sites for hydroxylation is 1. The van der Waals surface area contributed by atoms with Gasteiger partial charge in [-0.3, -0.25) is 9.78 Å². The lowest BCUT2D eigenvalue weighted by molar-refractivity contribution is 0.0809. The minimum absolute atomic E-state index is 0.193. The number of carbonyl (C=O) groups excluding carboxylic acids is 1. The van der Waals surface area contributed by atoms with Crippen LogP contribution in [0.1, 0.15) is 22.3 Å². The van der Waals surface area contributed by atoms with Crippen molar-refractivity contribution >= 4 is 5.78 Å². The molecule has 0 aromatic carbocycles. The maximum Gasteiger partial charge on any atom is 0.166 e. The quantitative estimate of drug-likeness (QED) is 0.752. The van der Waals surface area contributed by atoms with Crippen LogP contribution in [0.25, 0.3) is 0 Å². The van der Waals surface area contributed by atoms with E-state index in [9.17, 15) is 4.79 Å². The topological polar surface area (TPSA) is 36.4 Å². The number of hydrogen-bond acceptors (Lipinski definition) is 4. The van der Waals surface area contributed by atoms with Crippen LogP contribution in [-0.4, -0.2) is 60.3 Å². The molecule has 1 fully saturated rings. The highest BCUT2D eigenvalue weighted by molar-refractivity contribution is 5.96. The average molecular weight is 247 g/mol. The van der Waals surface area contributed by atoms with E-state index in [-0.39, 0.29) is 5.78 Å². The summed E-state index contributed by atoms with van der Waals surface area (Å²) in [6.45, 7) is 5.03. The molecule has 1 aliphatic heterocycles. The number of rotatable bonds is 3. The van der Waals surface area contributed by atoms with E-state index in [0.29, 0.717) is 12.5 Å². The van der Waals surface area contributed by atoms with Gasteiger partial charge < -0.3 is 9.80 Å².